The van der Waals surface area contributed by atoms with Crippen LogP contribution in [0.5, 0.6) is 0 Å². The summed E-state index contributed by atoms with van der Waals surface area (Å²) >= 11 is 1.24. The van der Waals surface area contributed by atoms with Gasteiger partial charge in [0.2, 0.25) is 5.91 Å². The molecule has 0 radical (unpaired) electrons. The third-order valence-corrected chi connectivity index (χ3v) is 8.05. The molecule has 3 rings (SSSR count). The zero-order valence-corrected chi connectivity index (χ0v) is 19.6. The number of thiophene rings is 1. The fourth-order valence-electron chi connectivity index (χ4n) is 3.09. The van der Waals surface area contributed by atoms with Crippen LogP contribution in [-0.2, 0) is 30.8 Å². The number of nitrogens with zero attached hydrogens (tertiary/aromatic N) is 2. The summed E-state index contributed by atoms with van der Waals surface area (Å²) in [4.78, 5) is 32.3. The molecule has 1 fully saturated rings. The Morgan fingerprint density at radius 3 is 2.12 bits per heavy atom. The molecule has 180 valence electrons. The second kappa shape index (κ2) is 13.0. The van der Waals surface area contributed by atoms with Gasteiger partial charge in [-0.3, -0.25) is 9.69 Å². The fourth-order valence-corrected chi connectivity index (χ4v) is 5.66. The van der Waals surface area contributed by atoms with Gasteiger partial charge in [0.25, 0.3) is 10.0 Å². The van der Waals surface area contributed by atoms with Gasteiger partial charge in [0, 0.05) is 32.7 Å². The number of carbonyl (C=O) groups excluding carboxylic acids is 1. The maximum Gasteiger partial charge on any atom is 0.414 e. The first-order chi connectivity index (χ1) is 15.7. The Labute approximate surface area is 196 Å². The first kappa shape index (κ1) is 26.5. The van der Waals surface area contributed by atoms with Crippen LogP contribution in [0.25, 0.3) is 0 Å². The number of sulfonamides is 1. The molecular formula is C21H27N3O7S2. The third-order valence-electron chi connectivity index (χ3n) is 4.78. The number of carboxylic acids is 2. The Kier molecular flexibility index (Phi) is 10.5. The van der Waals surface area contributed by atoms with Gasteiger partial charge in [0.15, 0.2) is 0 Å². The van der Waals surface area contributed by atoms with Gasteiger partial charge in [-0.25, -0.2) is 18.0 Å². The summed E-state index contributed by atoms with van der Waals surface area (Å²) in [5.41, 5.74) is 1.27. The number of carboxylic acid groups (broad SMARTS) is 2. The molecular weight excluding hydrogens is 470 g/mol. The molecule has 0 spiro atoms. The number of hydrogen-bond acceptors (Lipinski definition) is 7. The zero-order valence-electron chi connectivity index (χ0n) is 17.9. The number of nitrogens with one attached hydrogen (secondary N) is 1. The van der Waals surface area contributed by atoms with E-state index in [4.69, 9.17) is 19.8 Å². The average Bonchev–Trinajstić information content (AvgIpc) is 3.34. The van der Waals surface area contributed by atoms with Crippen molar-refractivity contribution in [2.75, 3.05) is 39.3 Å². The predicted octanol–water partition coefficient (Wildman–Crippen LogP) is 0.959. The Hall–Kier alpha value is -2.80. The lowest BCUT2D eigenvalue weighted by molar-refractivity contribution is -0.159. The molecule has 1 aromatic carbocycles. The Morgan fingerprint density at radius 1 is 0.939 bits per heavy atom. The molecule has 10 nitrogen and oxygen atoms in total. The van der Waals surface area contributed by atoms with Crippen LogP contribution in [0, 0.1) is 0 Å². The topological polar surface area (TPSA) is 144 Å². The summed E-state index contributed by atoms with van der Waals surface area (Å²) in [6.45, 7) is 2.95. The van der Waals surface area contributed by atoms with Crippen LogP contribution >= 0.6 is 11.3 Å². The molecule has 1 amide bonds. The minimum absolute atomic E-state index is 0.00220. The van der Waals surface area contributed by atoms with Crippen molar-refractivity contribution in [3.8, 4) is 0 Å². The number of hydrogen-bond donors (Lipinski definition) is 3. The lowest BCUT2D eigenvalue weighted by Gasteiger charge is -2.33. The standard InChI is InChI=1S/C19H25N3O3S2.C2H2O4/c23-18(20-10-4-8-17-6-2-1-3-7-17)16-21-11-13-22(14-12-21)27(24,25)19-9-5-15-26-19;3-1(4)2(5)6/h1-3,5-7,9,15H,4,8,10-14,16H2,(H,20,23);(H,3,4)(H,5,6). The van der Waals surface area contributed by atoms with Crippen LogP contribution in [0.1, 0.15) is 12.0 Å². The van der Waals surface area contributed by atoms with Crippen molar-refractivity contribution in [1.29, 1.82) is 0 Å². The number of aliphatic carboxylic acids is 2. The number of benzene rings is 1. The van der Waals surface area contributed by atoms with Crippen LogP contribution in [0.15, 0.2) is 52.1 Å². The van der Waals surface area contributed by atoms with Gasteiger partial charge >= 0.3 is 11.9 Å². The van der Waals surface area contributed by atoms with Gasteiger partial charge in [0.1, 0.15) is 4.21 Å². The Bertz CT molecular complexity index is 992. The van der Waals surface area contributed by atoms with Crippen LogP contribution < -0.4 is 5.32 Å². The zero-order chi connectivity index (χ0) is 24.3. The fraction of sp³-hybridized carbons (Fsp3) is 0.381. The summed E-state index contributed by atoms with van der Waals surface area (Å²) in [5.74, 6) is -3.65. The summed E-state index contributed by atoms with van der Waals surface area (Å²) in [7, 11) is -3.39. The highest BCUT2D eigenvalue weighted by molar-refractivity contribution is 7.91. The molecule has 2 aromatic rings. The van der Waals surface area contributed by atoms with E-state index < -0.39 is 22.0 Å². The van der Waals surface area contributed by atoms with E-state index in [-0.39, 0.29) is 5.91 Å². The first-order valence-corrected chi connectivity index (χ1v) is 12.5. The van der Waals surface area contributed by atoms with Crippen molar-refractivity contribution in [1.82, 2.24) is 14.5 Å². The van der Waals surface area contributed by atoms with E-state index in [1.165, 1.54) is 21.2 Å². The number of rotatable bonds is 8. The van der Waals surface area contributed by atoms with Crippen molar-refractivity contribution < 1.29 is 33.0 Å². The molecule has 2 heterocycles. The predicted molar refractivity (Wildman–Crippen MR) is 123 cm³/mol. The normalized spacial score (nSPS) is 14.7. The van der Waals surface area contributed by atoms with E-state index >= 15 is 0 Å². The van der Waals surface area contributed by atoms with Gasteiger partial charge < -0.3 is 15.5 Å². The average molecular weight is 498 g/mol. The maximum atomic E-state index is 12.5. The van der Waals surface area contributed by atoms with E-state index in [0.717, 1.165) is 12.8 Å². The largest absolute Gasteiger partial charge is 0.473 e. The number of carbonyl (C=O) groups is 3. The van der Waals surface area contributed by atoms with Crippen LogP contribution in [0.4, 0.5) is 0 Å². The van der Waals surface area contributed by atoms with Gasteiger partial charge in [-0.15, -0.1) is 11.3 Å². The van der Waals surface area contributed by atoms with Crippen molar-refractivity contribution in [3.05, 3.63) is 53.4 Å². The molecule has 1 aliphatic heterocycles. The summed E-state index contributed by atoms with van der Waals surface area (Å²) in [6.07, 6.45) is 1.85. The molecule has 12 heteroatoms. The maximum absolute atomic E-state index is 12.5. The lowest BCUT2D eigenvalue weighted by atomic mass is 10.1. The van der Waals surface area contributed by atoms with Gasteiger partial charge in [0.05, 0.1) is 6.54 Å². The minimum Gasteiger partial charge on any atom is -0.473 e. The Morgan fingerprint density at radius 2 is 1.58 bits per heavy atom. The van der Waals surface area contributed by atoms with Gasteiger partial charge in [-0.05, 0) is 29.9 Å². The number of aryl methyl sites for hydroxylation is 1. The minimum atomic E-state index is -3.39. The second-order valence-corrected chi connectivity index (χ2v) is 10.3. The molecule has 0 aliphatic carbocycles. The van der Waals surface area contributed by atoms with E-state index in [1.807, 2.05) is 23.1 Å². The molecule has 1 saturated heterocycles. The smallest absolute Gasteiger partial charge is 0.414 e. The van der Waals surface area contributed by atoms with Crippen molar-refractivity contribution >= 4 is 39.2 Å². The molecule has 33 heavy (non-hydrogen) atoms. The molecule has 1 aliphatic rings. The molecule has 0 bridgehead atoms. The van der Waals surface area contributed by atoms with Crippen molar-refractivity contribution in [2.24, 2.45) is 0 Å². The monoisotopic (exact) mass is 497 g/mol. The van der Waals surface area contributed by atoms with Gasteiger partial charge in [-0.2, -0.15) is 4.31 Å². The highest BCUT2D eigenvalue weighted by Gasteiger charge is 2.29. The highest BCUT2D eigenvalue weighted by Crippen LogP contribution is 2.21. The van der Waals surface area contributed by atoms with E-state index in [1.54, 1.807) is 17.5 Å². The van der Waals surface area contributed by atoms with E-state index in [0.29, 0.717) is 43.5 Å². The van der Waals surface area contributed by atoms with Crippen molar-refractivity contribution in [2.45, 2.75) is 17.1 Å². The lowest BCUT2D eigenvalue weighted by Crippen LogP contribution is -2.51. The summed E-state index contributed by atoms with van der Waals surface area (Å²) in [5, 5.41) is 19.5. The number of piperazine rings is 1. The molecule has 0 atom stereocenters. The quantitative estimate of drug-likeness (QED) is 0.361. The molecule has 1 aromatic heterocycles. The van der Waals surface area contributed by atoms with Crippen LogP contribution in [-0.4, -0.2) is 85.0 Å². The summed E-state index contributed by atoms with van der Waals surface area (Å²) in [6, 6.07) is 13.6. The second-order valence-electron chi connectivity index (χ2n) is 7.16. The van der Waals surface area contributed by atoms with Crippen LogP contribution in [0.2, 0.25) is 0 Å². The highest BCUT2D eigenvalue weighted by atomic mass is 32.2. The molecule has 0 saturated carbocycles. The van der Waals surface area contributed by atoms with Crippen molar-refractivity contribution in [3.63, 3.8) is 0 Å². The molecule has 3 N–H and O–H groups in total. The first-order valence-electron chi connectivity index (χ1n) is 10.2. The summed E-state index contributed by atoms with van der Waals surface area (Å²) < 4.78 is 26.9. The van der Waals surface area contributed by atoms with Crippen LogP contribution in [0.3, 0.4) is 0 Å². The van der Waals surface area contributed by atoms with E-state index in [9.17, 15) is 13.2 Å². The SMILES string of the molecule is O=C(CN1CCN(S(=O)(=O)c2cccs2)CC1)NCCCc1ccccc1.O=C(O)C(=O)O. The molecule has 0 unspecified atom stereocenters. The van der Waals surface area contributed by atoms with Gasteiger partial charge in [-0.1, -0.05) is 36.4 Å². The Balaban J connectivity index is 0.000000569. The number of amides is 1. The third kappa shape index (κ3) is 8.92. The van der Waals surface area contributed by atoms with E-state index in [2.05, 4.69) is 17.4 Å².